The Morgan fingerprint density at radius 3 is 3.13 bits per heavy atom. The van der Waals surface area contributed by atoms with Gasteiger partial charge in [-0.25, -0.2) is 0 Å². The van der Waals surface area contributed by atoms with Crippen LogP contribution in [0, 0.1) is 0 Å². The van der Waals surface area contributed by atoms with E-state index in [1.165, 1.54) is 8.66 Å². The van der Waals surface area contributed by atoms with Crippen molar-refractivity contribution in [2.75, 3.05) is 19.9 Å². The maximum absolute atomic E-state index is 5.43. The third kappa shape index (κ3) is 3.85. The van der Waals surface area contributed by atoms with Gasteiger partial charge in [0.05, 0.1) is 16.5 Å². The lowest BCUT2D eigenvalue weighted by atomic mass is 10.2. The molecule has 2 heterocycles. The molecular weight excluding hydrogens is 278 g/mol. The van der Waals surface area contributed by atoms with Crippen molar-refractivity contribution in [2.24, 2.45) is 0 Å². The zero-order valence-electron chi connectivity index (χ0n) is 8.37. The van der Waals surface area contributed by atoms with Crippen LogP contribution >= 0.6 is 27.3 Å². The van der Waals surface area contributed by atoms with Crippen LogP contribution in [0.3, 0.4) is 0 Å². The first-order valence-electron chi connectivity index (χ1n) is 4.99. The highest BCUT2D eigenvalue weighted by Gasteiger charge is 2.13. The minimum Gasteiger partial charge on any atom is -0.355 e. The van der Waals surface area contributed by atoms with Crippen LogP contribution in [0.2, 0.25) is 0 Å². The van der Waals surface area contributed by atoms with E-state index in [2.05, 4.69) is 33.4 Å². The molecule has 1 aliphatic heterocycles. The van der Waals surface area contributed by atoms with Gasteiger partial charge in [-0.1, -0.05) is 0 Å². The summed E-state index contributed by atoms with van der Waals surface area (Å²) in [6, 6.07) is 4.21. The van der Waals surface area contributed by atoms with Crippen molar-refractivity contribution in [1.29, 1.82) is 0 Å². The second-order valence-corrected chi connectivity index (χ2v) is 5.99. The monoisotopic (exact) mass is 291 g/mol. The Morgan fingerprint density at radius 1 is 1.53 bits per heavy atom. The third-order valence-electron chi connectivity index (χ3n) is 2.27. The lowest BCUT2D eigenvalue weighted by molar-refractivity contribution is -0.137. The Balaban J connectivity index is 1.65. The summed E-state index contributed by atoms with van der Waals surface area (Å²) in [6.07, 6.45) is 1.29. The molecule has 1 aromatic rings. The maximum atomic E-state index is 5.43. The number of ether oxygens (including phenoxy) is 2. The first-order valence-corrected chi connectivity index (χ1v) is 6.60. The number of nitrogens with one attached hydrogen (secondary N) is 1. The average molecular weight is 292 g/mol. The van der Waals surface area contributed by atoms with Gasteiger partial charge in [-0.2, -0.15) is 0 Å². The van der Waals surface area contributed by atoms with Gasteiger partial charge in [0.1, 0.15) is 6.79 Å². The molecule has 15 heavy (non-hydrogen) atoms. The van der Waals surface area contributed by atoms with E-state index in [1.807, 2.05) is 0 Å². The van der Waals surface area contributed by atoms with E-state index >= 15 is 0 Å². The maximum Gasteiger partial charge on any atom is 0.147 e. The zero-order valence-corrected chi connectivity index (χ0v) is 10.8. The minimum absolute atomic E-state index is 0.308. The van der Waals surface area contributed by atoms with Crippen LogP contribution in [-0.2, 0) is 16.0 Å². The smallest absolute Gasteiger partial charge is 0.147 e. The van der Waals surface area contributed by atoms with Gasteiger partial charge in [-0.15, -0.1) is 11.3 Å². The van der Waals surface area contributed by atoms with Crippen molar-refractivity contribution in [3.63, 3.8) is 0 Å². The fraction of sp³-hybridized carbons (Fsp3) is 0.600. The van der Waals surface area contributed by atoms with Crippen LogP contribution in [0.4, 0.5) is 0 Å². The van der Waals surface area contributed by atoms with Gasteiger partial charge in [0, 0.05) is 18.0 Å². The lowest BCUT2D eigenvalue weighted by Gasteiger charge is -2.22. The molecule has 1 atom stereocenters. The molecule has 0 radical (unpaired) electrons. The molecular formula is C10H14BrNO2S. The summed E-state index contributed by atoms with van der Waals surface area (Å²) in [5.74, 6) is 0. The molecule has 1 aliphatic rings. The van der Waals surface area contributed by atoms with Crippen LogP contribution < -0.4 is 5.32 Å². The van der Waals surface area contributed by atoms with Crippen molar-refractivity contribution >= 4 is 27.3 Å². The van der Waals surface area contributed by atoms with E-state index < -0.39 is 0 Å². The van der Waals surface area contributed by atoms with E-state index in [0.29, 0.717) is 12.9 Å². The van der Waals surface area contributed by atoms with Crippen LogP contribution in [0.15, 0.2) is 15.9 Å². The highest BCUT2D eigenvalue weighted by atomic mass is 79.9. The SMILES string of the molecule is Brc1ccc(CNCC2CCOCO2)s1. The summed E-state index contributed by atoms with van der Waals surface area (Å²) in [7, 11) is 0. The summed E-state index contributed by atoms with van der Waals surface area (Å²) >= 11 is 5.21. The lowest BCUT2D eigenvalue weighted by Crippen LogP contribution is -2.33. The molecule has 1 saturated heterocycles. The van der Waals surface area contributed by atoms with Crippen LogP contribution in [0.25, 0.3) is 0 Å². The number of hydrogen-bond donors (Lipinski definition) is 1. The molecule has 2 rings (SSSR count). The van der Waals surface area contributed by atoms with Gasteiger partial charge in [0.2, 0.25) is 0 Å². The summed E-state index contributed by atoms with van der Waals surface area (Å²) < 4.78 is 11.7. The summed E-state index contributed by atoms with van der Waals surface area (Å²) in [6.45, 7) is 3.07. The van der Waals surface area contributed by atoms with Crippen LogP contribution in [0.1, 0.15) is 11.3 Å². The highest BCUT2D eigenvalue weighted by molar-refractivity contribution is 9.11. The van der Waals surface area contributed by atoms with Gasteiger partial charge in [0.15, 0.2) is 0 Å². The molecule has 1 N–H and O–H groups in total. The van der Waals surface area contributed by atoms with Crippen molar-refractivity contribution in [1.82, 2.24) is 5.32 Å². The van der Waals surface area contributed by atoms with Crippen molar-refractivity contribution in [3.05, 3.63) is 20.8 Å². The summed E-state index contributed by atoms with van der Waals surface area (Å²) in [5.41, 5.74) is 0. The normalized spacial score (nSPS) is 21.8. The molecule has 1 unspecified atom stereocenters. The molecule has 3 nitrogen and oxygen atoms in total. The number of halogens is 1. The molecule has 0 spiro atoms. The molecule has 5 heteroatoms. The Morgan fingerprint density at radius 2 is 2.47 bits per heavy atom. The second-order valence-electron chi connectivity index (χ2n) is 3.44. The minimum atomic E-state index is 0.308. The molecule has 1 aromatic heterocycles. The third-order valence-corrected chi connectivity index (χ3v) is 3.89. The Kier molecular flexibility index (Phi) is 4.59. The Labute approximate surface area is 102 Å². The molecule has 0 saturated carbocycles. The number of thiophene rings is 1. The highest BCUT2D eigenvalue weighted by Crippen LogP contribution is 2.21. The quantitative estimate of drug-likeness (QED) is 0.924. The molecule has 0 aliphatic carbocycles. The van der Waals surface area contributed by atoms with Gasteiger partial charge in [0.25, 0.3) is 0 Å². The molecule has 84 valence electrons. The standard InChI is InChI=1S/C10H14BrNO2S/c11-10-2-1-9(15-10)6-12-5-8-3-4-13-7-14-8/h1-2,8,12H,3-7H2. The molecule has 1 fully saturated rings. The number of rotatable bonds is 4. The first kappa shape index (κ1) is 11.5. The Bertz CT molecular complexity index is 299. The van der Waals surface area contributed by atoms with Crippen molar-refractivity contribution < 1.29 is 9.47 Å². The predicted molar refractivity (Wildman–Crippen MR) is 64.0 cm³/mol. The summed E-state index contributed by atoms with van der Waals surface area (Å²) in [4.78, 5) is 1.34. The zero-order chi connectivity index (χ0) is 10.5. The van der Waals surface area contributed by atoms with Gasteiger partial charge >= 0.3 is 0 Å². The van der Waals surface area contributed by atoms with E-state index in [0.717, 1.165) is 26.1 Å². The van der Waals surface area contributed by atoms with E-state index in [-0.39, 0.29) is 0 Å². The first-order chi connectivity index (χ1) is 7.34. The topological polar surface area (TPSA) is 30.5 Å². The largest absolute Gasteiger partial charge is 0.355 e. The fourth-order valence-electron chi connectivity index (χ4n) is 1.47. The summed E-state index contributed by atoms with van der Waals surface area (Å²) in [5, 5.41) is 3.39. The number of hydrogen-bond acceptors (Lipinski definition) is 4. The van der Waals surface area contributed by atoms with Gasteiger partial charge < -0.3 is 14.8 Å². The van der Waals surface area contributed by atoms with Crippen molar-refractivity contribution in [3.8, 4) is 0 Å². The molecule has 0 amide bonds. The fourth-order valence-corrected chi connectivity index (χ4v) is 2.92. The predicted octanol–water partition coefficient (Wildman–Crippen LogP) is 2.36. The van der Waals surface area contributed by atoms with Crippen LogP contribution in [-0.4, -0.2) is 26.0 Å². The molecule has 0 aromatic carbocycles. The van der Waals surface area contributed by atoms with Crippen molar-refractivity contribution in [2.45, 2.75) is 19.1 Å². The van der Waals surface area contributed by atoms with Gasteiger partial charge in [-0.3, -0.25) is 0 Å². The molecule has 0 bridgehead atoms. The van der Waals surface area contributed by atoms with E-state index in [1.54, 1.807) is 11.3 Å². The van der Waals surface area contributed by atoms with Crippen LogP contribution in [0.5, 0.6) is 0 Å². The van der Waals surface area contributed by atoms with E-state index in [4.69, 9.17) is 9.47 Å². The Hall–Kier alpha value is 0.0600. The second kappa shape index (κ2) is 5.96. The van der Waals surface area contributed by atoms with E-state index in [9.17, 15) is 0 Å². The average Bonchev–Trinajstić information content (AvgIpc) is 2.66. The van der Waals surface area contributed by atoms with Gasteiger partial charge in [-0.05, 0) is 34.5 Å².